The molecule has 0 amide bonds. The van der Waals surface area contributed by atoms with Crippen LogP contribution in [-0.2, 0) is 17.8 Å². The van der Waals surface area contributed by atoms with Crippen LogP contribution in [0.25, 0.3) is 11.5 Å². The molecule has 0 unspecified atom stereocenters. The molecule has 2 atom stereocenters. The molecular weight excluding hydrogens is 366 g/mol. The molecule has 1 saturated heterocycles. The number of benzene rings is 1. The van der Waals surface area contributed by atoms with E-state index in [0.29, 0.717) is 24.3 Å². The molecule has 4 rings (SSSR count). The summed E-state index contributed by atoms with van der Waals surface area (Å²) < 4.78 is 13.7. The van der Waals surface area contributed by atoms with Crippen LogP contribution in [0.1, 0.15) is 35.7 Å². The Morgan fingerprint density at radius 1 is 1.14 bits per heavy atom. The lowest BCUT2D eigenvalue weighted by Gasteiger charge is -2.16. The zero-order chi connectivity index (χ0) is 20.4. The molecular formula is C22H29N5O2. The summed E-state index contributed by atoms with van der Waals surface area (Å²) in [5.41, 5.74) is 4.63. The standard InChI is InChI=1S/C22H29N5O2/c1-5-27-16(3)19(15(2)25-27)12-26-11-18(14-28-4)20(13-26)22-24-23-21(29-22)17-9-7-6-8-10-17/h6-10,18,20H,5,11-14H2,1-4H3/t18-,20+/m0/s1. The maximum Gasteiger partial charge on any atom is 0.247 e. The number of rotatable bonds is 7. The van der Waals surface area contributed by atoms with E-state index in [-0.39, 0.29) is 5.92 Å². The maximum absolute atomic E-state index is 6.08. The lowest BCUT2D eigenvalue weighted by atomic mass is 9.97. The van der Waals surface area contributed by atoms with Gasteiger partial charge in [0.05, 0.1) is 18.2 Å². The van der Waals surface area contributed by atoms with Crippen molar-refractivity contribution in [3.63, 3.8) is 0 Å². The zero-order valence-electron chi connectivity index (χ0n) is 17.6. The van der Waals surface area contributed by atoms with Crippen LogP contribution < -0.4 is 0 Å². The van der Waals surface area contributed by atoms with E-state index in [1.54, 1.807) is 7.11 Å². The number of ether oxygens (including phenoxy) is 1. The highest BCUT2D eigenvalue weighted by atomic mass is 16.5. The Morgan fingerprint density at radius 2 is 1.93 bits per heavy atom. The molecule has 1 aliphatic heterocycles. The summed E-state index contributed by atoms with van der Waals surface area (Å²) in [6.45, 7) is 10.7. The molecule has 1 fully saturated rings. The molecule has 29 heavy (non-hydrogen) atoms. The number of nitrogens with zero attached hydrogens (tertiary/aromatic N) is 5. The quantitative estimate of drug-likeness (QED) is 0.610. The Morgan fingerprint density at radius 3 is 2.62 bits per heavy atom. The fourth-order valence-corrected chi connectivity index (χ4v) is 4.33. The summed E-state index contributed by atoms with van der Waals surface area (Å²) in [7, 11) is 1.75. The molecule has 0 N–H and O–H groups in total. The van der Waals surface area contributed by atoms with Crippen molar-refractivity contribution < 1.29 is 9.15 Å². The molecule has 3 heterocycles. The van der Waals surface area contributed by atoms with E-state index in [2.05, 4.69) is 45.6 Å². The minimum atomic E-state index is 0.168. The number of aryl methyl sites for hydroxylation is 2. The van der Waals surface area contributed by atoms with Crippen LogP contribution in [0.5, 0.6) is 0 Å². The summed E-state index contributed by atoms with van der Waals surface area (Å²) in [4.78, 5) is 2.46. The number of aromatic nitrogens is 4. The molecule has 2 aromatic heterocycles. The monoisotopic (exact) mass is 395 g/mol. The fourth-order valence-electron chi connectivity index (χ4n) is 4.33. The van der Waals surface area contributed by atoms with Crippen LogP contribution in [0.15, 0.2) is 34.7 Å². The Bertz CT molecular complexity index is 950. The van der Waals surface area contributed by atoms with Crippen molar-refractivity contribution in [1.29, 1.82) is 0 Å². The lowest BCUT2D eigenvalue weighted by Crippen LogP contribution is -2.22. The van der Waals surface area contributed by atoms with E-state index in [1.165, 1.54) is 11.3 Å². The minimum Gasteiger partial charge on any atom is -0.420 e. The summed E-state index contributed by atoms with van der Waals surface area (Å²) in [5.74, 6) is 1.77. The van der Waals surface area contributed by atoms with Gasteiger partial charge in [-0.3, -0.25) is 9.58 Å². The predicted octanol–water partition coefficient (Wildman–Crippen LogP) is 3.43. The van der Waals surface area contributed by atoms with Crippen LogP contribution in [0.4, 0.5) is 0 Å². The summed E-state index contributed by atoms with van der Waals surface area (Å²) in [5, 5.41) is 13.3. The lowest BCUT2D eigenvalue weighted by molar-refractivity contribution is 0.144. The van der Waals surface area contributed by atoms with Gasteiger partial charge in [-0.15, -0.1) is 10.2 Å². The van der Waals surface area contributed by atoms with E-state index >= 15 is 0 Å². The van der Waals surface area contributed by atoms with Crippen LogP contribution in [-0.4, -0.2) is 51.7 Å². The molecule has 1 aliphatic rings. The number of methoxy groups -OCH3 is 1. The van der Waals surface area contributed by atoms with Crippen molar-refractivity contribution >= 4 is 0 Å². The first-order valence-electron chi connectivity index (χ1n) is 10.2. The average Bonchev–Trinajstić information content (AvgIpc) is 3.43. The normalized spacial score (nSPS) is 19.9. The highest BCUT2D eigenvalue weighted by molar-refractivity contribution is 5.51. The van der Waals surface area contributed by atoms with Gasteiger partial charge in [0.25, 0.3) is 0 Å². The molecule has 154 valence electrons. The third-order valence-corrected chi connectivity index (χ3v) is 5.89. The van der Waals surface area contributed by atoms with Gasteiger partial charge >= 0.3 is 0 Å². The highest BCUT2D eigenvalue weighted by Gasteiger charge is 2.37. The van der Waals surface area contributed by atoms with Gasteiger partial charge < -0.3 is 9.15 Å². The second kappa shape index (κ2) is 8.47. The third kappa shape index (κ3) is 3.97. The van der Waals surface area contributed by atoms with Crippen LogP contribution >= 0.6 is 0 Å². The molecule has 7 nitrogen and oxygen atoms in total. The Hall–Kier alpha value is -2.51. The molecule has 7 heteroatoms. The van der Waals surface area contributed by atoms with Gasteiger partial charge in [-0.05, 0) is 32.9 Å². The second-order valence-corrected chi connectivity index (χ2v) is 7.79. The van der Waals surface area contributed by atoms with E-state index in [1.807, 2.05) is 30.3 Å². The van der Waals surface area contributed by atoms with Gasteiger partial charge in [0.1, 0.15) is 0 Å². The zero-order valence-corrected chi connectivity index (χ0v) is 17.6. The topological polar surface area (TPSA) is 69.2 Å². The van der Waals surface area contributed by atoms with Crippen LogP contribution in [0, 0.1) is 19.8 Å². The van der Waals surface area contributed by atoms with Crippen LogP contribution in [0.2, 0.25) is 0 Å². The summed E-state index contributed by atoms with van der Waals surface area (Å²) in [6, 6.07) is 9.91. The Kier molecular flexibility index (Phi) is 5.78. The smallest absolute Gasteiger partial charge is 0.247 e. The highest BCUT2D eigenvalue weighted by Crippen LogP contribution is 2.34. The molecule has 0 saturated carbocycles. The van der Waals surface area contributed by atoms with E-state index in [0.717, 1.165) is 37.4 Å². The first-order chi connectivity index (χ1) is 14.1. The first-order valence-corrected chi connectivity index (χ1v) is 10.2. The van der Waals surface area contributed by atoms with Gasteiger partial charge in [-0.25, -0.2) is 0 Å². The SMILES string of the molecule is CCn1nc(C)c(CN2C[C@@H](COC)[C@H](c3nnc(-c4ccccc4)o3)C2)c1C. The van der Waals surface area contributed by atoms with Crippen molar-refractivity contribution in [1.82, 2.24) is 24.9 Å². The summed E-state index contributed by atoms with van der Waals surface area (Å²) in [6.07, 6.45) is 0. The van der Waals surface area contributed by atoms with Crippen LogP contribution in [0.3, 0.4) is 0 Å². The molecule has 3 aromatic rings. The van der Waals surface area contributed by atoms with E-state index in [4.69, 9.17) is 9.15 Å². The largest absolute Gasteiger partial charge is 0.420 e. The first kappa shape index (κ1) is 19.8. The van der Waals surface area contributed by atoms with Crippen molar-refractivity contribution in [2.75, 3.05) is 26.8 Å². The van der Waals surface area contributed by atoms with Gasteiger partial charge in [-0.1, -0.05) is 18.2 Å². The second-order valence-electron chi connectivity index (χ2n) is 7.79. The van der Waals surface area contributed by atoms with Gasteiger partial charge in [0, 0.05) is 56.0 Å². The van der Waals surface area contributed by atoms with Gasteiger partial charge in [0.15, 0.2) is 0 Å². The van der Waals surface area contributed by atoms with Crippen molar-refractivity contribution in [3.8, 4) is 11.5 Å². The maximum atomic E-state index is 6.08. The number of likely N-dealkylation sites (tertiary alicyclic amines) is 1. The summed E-state index contributed by atoms with van der Waals surface area (Å²) >= 11 is 0. The Balaban J connectivity index is 1.53. The molecule has 0 bridgehead atoms. The van der Waals surface area contributed by atoms with E-state index < -0.39 is 0 Å². The number of hydrogen-bond acceptors (Lipinski definition) is 6. The predicted molar refractivity (Wildman–Crippen MR) is 110 cm³/mol. The van der Waals surface area contributed by atoms with Gasteiger partial charge in [0.2, 0.25) is 11.8 Å². The molecule has 0 spiro atoms. The van der Waals surface area contributed by atoms with Gasteiger partial charge in [-0.2, -0.15) is 5.10 Å². The minimum absolute atomic E-state index is 0.168. The molecule has 1 aromatic carbocycles. The molecule has 0 radical (unpaired) electrons. The fraction of sp³-hybridized carbons (Fsp3) is 0.500. The van der Waals surface area contributed by atoms with E-state index in [9.17, 15) is 0 Å². The van der Waals surface area contributed by atoms with Crippen molar-refractivity contribution in [3.05, 3.63) is 53.2 Å². The van der Waals surface area contributed by atoms with Crippen molar-refractivity contribution in [2.24, 2.45) is 5.92 Å². The third-order valence-electron chi connectivity index (χ3n) is 5.89. The number of hydrogen-bond donors (Lipinski definition) is 0. The Labute approximate surface area is 171 Å². The molecule has 0 aliphatic carbocycles. The van der Waals surface area contributed by atoms with Crippen molar-refractivity contribution in [2.45, 2.75) is 39.8 Å². The average molecular weight is 396 g/mol.